The van der Waals surface area contributed by atoms with E-state index in [2.05, 4.69) is 5.32 Å². The topological polar surface area (TPSA) is 50.8 Å². The van der Waals surface area contributed by atoms with Crippen molar-refractivity contribution in [1.29, 1.82) is 0 Å². The molecule has 5 nitrogen and oxygen atoms in total. The molecule has 26 heavy (non-hydrogen) atoms. The molecule has 2 rings (SSSR count). The van der Waals surface area contributed by atoms with Gasteiger partial charge in [0, 0.05) is 12.2 Å². The number of hydrogen-bond donors (Lipinski definition) is 1. The van der Waals surface area contributed by atoms with E-state index >= 15 is 0 Å². The number of hydrogen-bond acceptors (Lipinski definition) is 4. The maximum atomic E-state index is 12.9. The average molecular weight is 381 g/mol. The van der Waals surface area contributed by atoms with Gasteiger partial charge >= 0.3 is 0 Å². The highest BCUT2D eigenvalue weighted by Crippen LogP contribution is 2.27. The molecule has 2 aromatic carbocycles. The highest BCUT2D eigenvalue weighted by atomic mass is 35.5. The number of nitrogens with one attached hydrogen (secondary N) is 1. The zero-order valence-corrected chi connectivity index (χ0v) is 15.7. The van der Waals surface area contributed by atoms with E-state index in [0.717, 1.165) is 0 Å². The Hall–Kier alpha value is -2.31. The summed E-state index contributed by atoms with van der Waals surface area (Å²) in [4.78, 5) is 14.2. The van der Waals surface area contributed by atoms with Crippen LogP contribution < -0.4 is 14.8 Å². The van der Waals surface area contributed by atoms with E-state index in [0.29, 0.717) is 35.4 Å². The number of methoxy groups -OCH3 is 1. The Bertz CT molecular complexity index is 740. The quantitative estimate of drug-likeness (QED) is 0.756. The Labute approximate surface area is 157 Å². The van der Waals surface area contributed by atoms with Gasteiger partial charge in [0.1, 0.15) is 23.9 Å². The summed E-state index contributed by atoms with van der Waals surface area (Å²) >= 11 is 6.06. The van der Waals surface area contributed by atoms with Gasteiger partial charge < -0.3 is 14.8 Å². The summed E-state index contributed by atoms with van der Waals surface area (Å²) in [7, 11) is 3.36. The van der Waals surface area contributed by atoms with Crippen LogP contribution in [0.5, 0.6) is 11.5 Å². The van der Waals surface area contributed by atoms with Crippen molar-refractivity contribution < 1.29 is 18.7 Å². The van der Waals surface area contributed by atoms with Crippen molar-refractivity contribution in [3.05, 3.63) is 53.3 Å². The van der Waals surface area contributed by atoms with Crippen LogP contribution in [0.2, 0.25) is 5.02 Å². The molecule has 0 unspecified atom stereocenters. The molecule has 0 aromatic heterocycles. The molecule has 7 heteroatoms. The van der Waals surface area contributed by atoms with Crippen molar-refractivity contribution in [1.82, 2.24) is 4.90 Å². The second-order valence-electron chi connectivity index (χ2n) is 5.80. The molecule has 0 aliphatic rings. The lowest BCUT2D eigenvalue weighted by Crippen LogP contribution is -2.41. The molecule has 0 saturated heterocycles. The smallest absolute Gasteiger partial charge is 0.241 e. The number of carbonyl (C=O) groups is 1. The molecule has 1 amide bonds. The zero-order chi connectivity index (χ0) is 19.1. The first-order valence-corrected chi connectivity index (χ1v) is 8.51. The molecule has 0 aliphatic heterocycles. The standard InChI is InChI=1S/C19H22ClFN2O3/c1-13(19(24)22-15-6-9-18(25-3)17(20)12-15)23(2)10-11-26-16-7-4-14(21)5-8-16/h4-9,12-13H,10-11H2,1-3H3,(H,22,24)/t13-/m1/s1. The molecular weight excluding hydrogens is 359 g/mol. The van der Waals surface area contributed by atoms with E-state index in [-0.39, 0.29) is 17.8 Å². The maximum Gasteiger partial charge on any atom is 0.241 e. The molecule has 1 N–H and O–H groups in total. The van der Waals surface area contributed by atoms with Crippen LogP contribution in [-0.4, -0.2) is 44.2 Å². The number of anilines is 1. The first-order chi connectivity index (χ1) is 12.4. The highest BCUT2D eigenvalue weighted by molar-refractivity contribution is 6.32. The van der Waals surface area contributed by atoms with Crippen molar-refractivity contribution in [3.63, 3.8) is 0 Å². The maximum absolute atomic E-state index is 12.9. The number of benzene rings is 2. The van der Waals surface area contributed by atoms with Gasteiger partial charge in [-0.3, -0.25) is 9.69 Å². The number of ether oxygens (including phenoxy) is 2. The second kappa shape index (κ2) is 9.40. The van der Waals surface area contributed by atoms with Crippen LogP contribution in [-0.2, 0) is 4.79 Å². The van der Waals surface area contributed by atoms with Gasteiger partial charge in [0.25, 0.3) is 0 Å². The number of likely N-dealkylation sites (N-methyl/N-ethyl adjacent to an activating group) is 1. The summed E-state index contributed by atoms with van der Waals surface area (Å²) in [5.41, 5.74) is 0.601. The Morgan fingerprint density at radius 3 is 2.58 bits per heavy atom. The van der Waals surface area contributed by atoms with Crippen molar-refractivity contribution in [3.8, 4) is 11.5 Å². The summed E-state index contributed by atoms with van der Waals surface area (Å²) in [5, 5.41) is 3.26. The first-order valence-electron chi connectivity index (χ1n) is 8.13. The van der Waals surface area contributed by atoms with E-state index in [1.807, 2.05) is 11.9 Å². The van der Waals surface area contributed by atoms with E-state index in [4.69, 9.17) is 21.1 Å². The molecule has 0 fully saturated rings. The Balaban J connectivity index is 1.82. The van der Waals surface area contributed by atoms with Crippen LogP contribution in [0.3, 0.4) is 0 Å². The van der Waals surface area contributed by atoms with Crippen LogP contribution in [0.4, 0.5) is 10.1 Å². The summed E-state index contributed by atoms with van der Waals surface area (Å²) < 4.78 is 23.5. The lowest BCUT2D eigenvalue weighted by molar-refractivity contribution is -0.120. The van der Waals surface area contributed by atoms with Gasteiger partial charge in [0.2, 0.25) is 5.91 Å². The Morgan fingerprint density at radius 2 is 1.96 bits per heavy atom. The Morgan fingerprint density at radius 1 is 1.27 bits per heavy atom. The first kappa shape index (κ1) is 20.0. The van der Waals surface area contributed by atoms with Crippen LogP contribution in [0.15, 0.2) is 42.5 Å². The van der Waals surface area contributed by atoms with Crippen molar-refractivity contribution in [2.75, 3.05) is 32.6 Å². The second-order valence-corrected chi connectivity index (χ2v) is 6.20. The molecule has 0 heterocycles. The summed E-state index contributed by atoms with van der Waals surface area (Å²) in [6.07, 6.45) is 0. The number of nitrogens with zero attached hydrogens (tertiary/aromatic N) is 1. The van der Waals surface area contributed by atoms with E-state index in [9.17, 15) is 9.18 Å². The summed E-state index contributed by atoms with van der Waals surface area (Å²) in [5.74, 6) is 0.673. The average Bonchev–Trinajstić information content (AvgIpc) is 2.62. The largest absolute Gasteiger partial charge is 0.495 e. The van der Waals surface area contributed by atoms with Gasteiger partial charge in [-0.05, 0) is 56.4 Å². The van der Waals surface area contributed by atoms with Gasteiger partial charge in [-0.15, -0.1) is 0 Å². The van der Waals surface area contributed by atoms with Gasteiger partial charge in [-0.1, -0.05) is 11.6 Å². The van der Waals surface area contributed by atoms with Crippen LogP contribution in [0.25, 0.3) is 0 Å². The summed E-state index contributed by atoms with van der Waals surface area (Å²) in [6.45, 7) is 2.72. The number of rotatable bonds is 8. The van der Waals surface area contributed by atoms with Gasteiger partial charge in [0.05, 0.1) is 18.2 Å². The minimum atomic E-state index is -0.368. The fourth-order valence-electron chi connectivity index (χ4n) is 2.22. The third-order valence-corrected chi connectivity index (χ3v) is 4.28. The van der Waals surface area contributed by atoms with E-state index < -0.39 is 0 Å². The Kier molecular flexibility index (Phi) is 7.24. The molecule has 0 radical (unpaired) electrons. The lowest BCUT2D eigenvalue weighted by atomic mass is 10.2. The van der Waals surface area contributed by atoms with Crippen LogP contribution >= 0.6 is 11.6 Å². The number of halogens is 2. The zero-order valence-electron chi connectivity index (χ0n) is 15.0. The third-order valence-electron chi connectivity index (χ3n) is 3.99. The molecule has 0 saturated carbocycles. The monoisotopic (exact) mass is 380 g/mol. The molecule has 2 aromatic rings. The van der Waals surface area contributed by atoms with Crippen molar-refractivity contribution in [2.24, 2.45) is 0 Å². The van der Waals surface area contributed by atoms with Gasteiger partial charge in [-0.25, -0.2) is 4.39 Å². The number of carbonyl (C=O) groups excluding carboxylic acids is 1. The minimum absolute atomic E-state index is 0.157. The molecular formula is C19H22ClFN2O3. The molecule has 140 valence electrons. The summed E-state index contributed by atoms with van der Waals surface area (Å²) in [6, 6.07) is 10.5. The van der Waals surface area contributed by atoms with Crippen molar-refractivity contribution in [2.45, 2.75) is 13.0 Å². The van der Waals surface area contributed by atoms with Gasteiger partial charge in [-0.2, -0.15) is 0 Å². The van der Waals surface area contributed by atoms with Crippen molar-refractivity contribution >= 4 is 23.2 Å². The predicted molar refractivity (Wildman–Crippen MR) is 101 cm³/mol. The molecule has 0 aliphatic carbocycles. The molecule has 0 bridgehead atoms. The number of amides is 1. The SMILES string of the molecule is COc1ccc(NC(=O)[C@@H](C)N(C)CCOc2ccc(F)cc2)cc1Cl. The molecule has 1 atom stereocenters. The fraction of sp³-hybridized carbons (Fsp3) is 0.316. The van der Waals surface area contributed by atoms with Crippen LogP contribution in [0.1, 0.15) is 6.92 Å². The molecule has 0 spiro atoms. The predicted octanol–water partition coefficient (Wildman–Crippen LogP) is 3.83. The minimum Gasteiger partial charge on any atom is -0.495 e. The van der Waals surface area contributed by atoms with E-state index in [1.165, 1.54) is 19.2 Å². The third kappa shape index (κ3) is 5.61. The van der Waals surface area contributed by atoms with Crippen LogP contribution in [0, 0.1) is 5.82 Å². The van der Waals surface area contributed by atoms with Gasteiger partial charge in [0.15, 0.2) is 0 Å². The van der Waals surface area contributed by atoms with E-state index in [1.54, 1.807) is 37.3 Å². The highest BCUT2D eigenvalue weighted by Gasteiger charge is 2.18. The normalized spacial score (nSPS) is 11.9. The lowest BCUT2D eigenvalue weighted by Gasteiger charge is -2.24. The fourth-order valence-corrected chi connectivity index (χ4v) is 2.48.